The van der Waals surface area contributed by atoms with Crippen LogP contribution in [0.1, 0.15) is 11.1 Å². The lowest BCUT2D eigenvalue weighted by molar-refractivity contribution is 0.805. The number of nitrogens with one attached hydrogen (secondary N) is 1. The minimum absolute atomic E-state index is 0.847. The maximum atomic E-state index is 4.23. The summed E-state index contributed by atoms with van der Waals surface area (Å²) >= 11 is 0. The molecule has 0 atom stereocenters. The van der Waals surface area contributed by atoms with Gasteiger partial charge in [-0.3, -0.25) is 0 Å². The van der Waals surface area contributed by atoms with Crippen LogP contribution in [0.4, 0.5) is 0 Å². The molecule has 0 aliphatic carbocycles. The molecule has 1 heterocycles. The fourth-order valence-electron chi connectivity index (χ4n) is 2.44. The monoisotopic (exact) mass is 278 g/mol. The summed E-state index contributed by atoms with van der Waals surface area (Å²) in [6.45, 7) is 2.96. The van der Waals surface area contributed by atoms with Crippen LogP contribution in [0.5, 0.6) is 0 Å². The third-order valence-corrected chi connectivity index (χ3v) is 3.51. The molecule has 0 saturated heterocycles. The van der Waals surface area contributed by atoms with E-state index in [1.165, 1.54) is 11.1 Å². The lowest BCUT2D eigenvalue weighted by atomic mass is 10.0. The Kier molecular flexibility index (Phi) is 3.79. The second-order valence-electron chi connectivity index (χ2n) is 5.05. The van der Waals surface area contributed by atoms with Crippen LogP contribution in [0.2, 0.25) is 0 Å². The molecule has 0 radical (unpaired) electrons. The molecule has 4 heteroatoms. The van der Waals surface area contributed by atoms with Crippen LogP contribution < -0.4 is 5.32 Å². The molecule has 3 rings (SSSR count). The first-order valence-electron chi connectivity index (χ1n) is 7.00. The van der Waals surface area contributed by atoms with Gasteiger partial charge in [0.05, 0.1) is 17.6 Å². The topological polar surface area (TPSA) is 42.7 Å². The van der Waals surface area contributed by atoms with Crippen molar-refractivity contribution in [2.45, 2.75) is 13.5 Å². The molecule has 1 N–H and O–H groups in total. The Hall–Kier alpha value is -2.46. The third-order valence-electron chi connectivity index (χ3n) is 3.51. The van der Waals surface area contributed by atoms with Crippen molar-refractivity contribution >= 4 is 0 Å². The van der Waals surface area contributed by atoms with E-state index in [4.69, 9.17) is 0 Å². The molecule has 0 bridgehead atoms. The largest absolute Gasteiger partial charge is 0.316 e. The van der Waals surface area contributed by atoms with E-state index in [0.29, 0.717) is 0 Å². The van der Waals surface area contributed by atoms with Crippen molar-refractivity contribution in [1.82, 2.24) is 20.3 Å². The van der Waals surface area contributed by atoms with Crippen LogP contribution in [0.3, 0.4) is 0 Å². The van der Waals surface area contributed by atoms with Crippen LogP contribution in [0.15, 0.2) is 54.7 Å². The fourth-order valence-corrected chi connectivity index (χ4v) is 2.44. The smallest absolute Gasteiger partial charge is 0.0947 e. The van der Waals surface area contributed by atoms with Crippen molar-refractivity contribution in [3.05, 3.63) is 65.9 Å². The van der Waals surface area contributed by atoms with Gasteiger partial charge in [0.15, 0.2) is 0 Å². The number of benzene rings is 2. The molecule has 21 heavy (non-hydrogen) atoms. The molecular weight excluding hydrogens is 260 g/mol. The second kappa shape index (κ2) is 5.89. The summed E-state index contributed by atoms with van der Waals surface area (Å²) in [5.74, 6) is 0. The molecule has 2 aromatic carbocycles. The van der Waals surface area contributed by atoms with Crippen molar-refractivity contribution in [2.75, 3.05) is 7.05 Å². The molecule has 1 aromatic heterocycles. The molecule has 0 fully saturated rings. The van der Waals surface area contributed by atoms with Crippen molar-refractivity contribution in [2.24, 2.45) is 0 Å². The van der Waals surface area contributed by atoms with Crippen LogP contribution in [-0.4, -0.2) is 22.0 Å². The number of nitrogens with zero attached hydrogens (tertiary/aromatic N) is 3. The molecule has 3 aromatic rings. The van der Waals surface area contributed by atoms with Crippen LogP contribution in [-0.2, 0) is 6.54 Å². The van der Waals surface area contributed by atoms with E-state index < -0.39 is 0 Å². The molecule has 0 amide bonds. The Balaban J connectivity index is 2.10. The highest BCUT2D eigenvalue weighted by Crippen LogP contribution is 2.25. The first-order chi connectivity index (χ1) is 10.3. The molecule has 106 valence electrons. The number of para-hydroxylation sites is 1. The molecular formula is C17H18N4. The maximum absolute atomic E-state index is 4.23. The summed E-state index contributed by atoms with van der Waals surface area (Å²) in [5, 5.41) is 11.5. The fraction of sp³-hybridized carbons (Fsp3) is 0.176. The van der Waals surface area contributed by atoms with Gasteiger partial charge < -0.3 is 5.32 Å². The van der Waals surface area contributed by atoms with E-state index in [1.807, 2.05) is 48.3 Å². The number of aromatic nitrogens is 3. The maximum Gasteiger partial charge on any atom is 0.0947 e. The average Bonchev–Trinajstić information content (AvgIpc) is 3.00. The summed E-state index contributed by atoms with van der Waals surface area (Å²) in [5.41, 5.74) is 5.66. The lowest BCUT2D eigenvalue weighted by Crippen LogP contribution is -2.06. The van der Waals surface area contributed by atoms with Crippen molar-refractivity contribution < 1.29 is 0 Å². The number of hydrogen-bond donors (Lipinski definition) is 1. The van der Waals surface area contributed by atoms with Gasteiger partial charge in [-0.05, 0) is 43.3 Å². The van der Waals surface area contributed by atoms with E-state index in [9.17, 15) is 0 Å². The standard InChI is InChI=1S/C17H18N4/c1-13-8-9-14(11-18-2)10-16(13)17-12-19-20-21(17)15-6-4-3-5-7-15/h3-10,12,18H,11H2,1-2H3. The lowest BCUT2D eigenvalue weighted by Gasteiger charge is -2.10. The Bertz CT molecular complexity index is 732. The Labute approximate surface area is 124 Å². The van der Waals surface area contributed by atoms with Crippen molar-refractivity contribution in [3.63, 3.8) is 0 Å². The van der Waals surface area contributed by atoms with Gasteiger partial charge in [-0.15, -0.1) is 5.10 Å². The van der Waals surface area contributed by atoms with Crippen molar-refractivity contribution in [1.29, 1.82) is 0 Å². The predicted octanol–water partition coefficient (Wildman–Crippen LogP) is 2.96. The van der Waals surface area contributed by atoms with Gasteiger partial charge in [-0.1, -0.05) is 35.5 Å². The third kappa shape index (κ3) is 2.71. The first-order valence-corrected chi connectivity index (χ1v) is 7.00. The number of rotatable bonds is 4. The van der Waals surface area contributed by atoms with E-state index >= 15 is 0 Å². The Morgan fingerprint density at radius 1 is 1.10 bits per heavy atom. The van der Waals surface area contributed by atoms with E-state index in [1.54, 1.807) is 0 Å². The normalized spacial score (nSPS) is 10.8. The zero-order valence-corrected chi connectivity index (χ0v) is 12.2. The van der Waals surface area contributed by atoms with E-state index in [2.05, 4.69) is 40.8 Å². The highest BCUT2D eigenvalue weighted by atomic mass is 15.4. The van der Waals surface area contributed by atoms with Gasteiger partial charge in [0.2, 0.25) is 0 Å². The minimum Gasteiger partial charge on any atom is -0.316 e. The minimum atomic E-state index is 0.847. The Morgan fingerprint density at radius 2 is 1.90 bits per heavy atom. The number of aryl methyl sites for hydroxylation is 1. The quantitative estimate of drug-likeness (QED) is 0.798. The summed E-state index contributed by atoms with van der Waals surface area (Å²) in [4.78, 5) is 0. The van der Waals surface area contributed by atoms with Gasteiger partial charge in [-0.25, -0.2) is 4.68 Å². The van der Waals surface area contributed by atoms with Gasteiger partial charge >= 0.3 is 0 Å². The summed E-state index contributed by atoms with van der Waals surface area (Å²) < 4.78 is 1.88. The molecule has 0 spiro atoms. The molecule has 0 aliphatic heterocycles. The first kappa shape index (κ1) is 13.5. The highest BCUT2D eigenvalue weighted by Gasteiger charge is 2.11. The number of hydrogen-bond acceptors (Lipinski definition) is 3. The Morgan fingerprint density at radius 3 is 2.67 bits per heavy atom. The van der Waals surface area contributed by atoms with Gasteiger partial charge in [0.1, 0.15) is 0 Å². The van der Waals surface area contributed by atoms with Crippen LogP contribution in [0.25, 0.3) is 16.9 Å². The van der Waals surface area contributed by atoms with Crippen LogP contribution >= 0.6 is 0 Å². The summed E-state index contributed by atoms with van der Waals surface area (Å²) in [7, 11) is 1.95. The van der Waals surface area contributed by atoms with Gasteiger partial charge in [0, 0.05) is 12.1 Å². The SMILES string of the molecule is CNCc1ccc(C)c(-c2cnnn2-c2ccccc2)c1. The predicted molar refractivity (Wildman–Crippen MR) is 84.3 cm³/mol. The van der Waals surface area contributed by atoms with Gasteiger partial charge in [-0.2, -0.15) is 0 Å². The molecule has 4 nitrogen and oxygen atoms in total. The van der Waals surface area contributed by atoms with E-state index in [-0.39, 0.29) is 0 Å². The molecule has 0 saturated carbocycles. The average molecular weight is 278 g/mol. The van der Waals surface area contributed by atoms with Crippen LogP contribution in [0, 0.1) is 6.92 Å². The highest BCUT2D eigenvalue weighted by molar-refractivity contribution is 5.65. The zero-order valence-electron chi connectivity index (χ0n) is 12.2. The van der Waals surface area contributed by atoms with Gasteiger partial charge in [0.25, 0.3) is 0 Å². The van der Waals surface area contributed by atoms with Crippen molar-refractivity contribution in [3.8, 4) is 16.9 Å². The zero-order chi connectivity index (χ0) is 14.7. The van der Waals surface area contributed by atoms with E-state index in [0.717, 1.165) is 23.5 Å². The molecule has 0 aliphatic rings. The molecule has 0 unspecified atom stereocenters. The second-order valence-corrected chi connectivity index (χ2v) is 5.05. The summed E-state index contributed by atoms with van der Waals surface area (Å²) in [6.07, 6.45) is 1.82. The summed E-state index contributed by atoms with van der Waals surface area (Å²) in [6, 6.07) is 16.6.